The number of likely N-dealkylation sites (N-methyl/N-ethyl adjacent to an activating group) is 2. The van der Waals surface area contributed by atoms with Gasteiger partial charge in [0.1, 0.15) is 6.54 Å². The quantitative estimate of drug-likeness (QED) is 0.689. The lowest BCUT2D eigenvalue weighted by atomic mass is 10.3. The topological polar surface area (TPSA) is 90.0 Å². The van der Waals surface area contributed by atoms with Crippen LogP contribution in [0.4, 0.5) is 4.79 Å². The Hall–Kier alpha value is -1.79. The number of nitrogens with zero attached hydrogens (tertiary/aromatic N) is 2. The van der Waals surface area contributed by atoms with Gasteiger partial charge in [-0.25, -0.2) is 4.79 Å². The van der Waals surface area contributed by atoms with Crippen molar-refractivity contribution < 1.29 is 19.5 Å². The van der Waals surface area contributed by atoms with Crippen molar-refractivity contribution >= 4 is 17.9 Å². The van der Waals surface area contributed by atoms with E-state index in [1.54, 1.807) is 6.92 Å². The fourth-order valence-corrected chi connectivity index (χ4v) is 1.71. The van der Waals surface area contributed by atoms with E-state index >= 15 is 0 Å². The van der Waals surface area contributed by atoms with E-state index in [0.717, 1.165) is 0 Å². The van der Waals surface area contributed by atoms with Crippen LogP contribution < -0.4 is 5.32 Å². The Morgan fingerprint density at radius 3 is 2.20 bits per heavy atom. The first-order chi connectivity index (χ1) is 9.33. The molecule has 0 aliphatic carbocycles. The lowest BCUT2D eigenvalue weighted by Gasteiger charge is -2.32. The summed E-state index contributed by atoms with van der Waals surface area (Å²) < 4.78 is 0. The number of aliphatic carboxylic acids is 1. The Balaban J connectivity index is 4.73. The van der Waals surface area contributed by atoms with Gasteiger partial charge in [0, 0.05) is 25.7 Å². The first-order valence-electron chi connectivity index (χ1n) is 6.87. The SMILES string of the molecule is CCNC(=O)CN(CC)C(=O)N(CCC(=O)O)C(C)C. The number of urea groups is 1. The van der Waals surface area contributed by atoms with Crippen LogP contribution in [-0.4, -0.2) is 65.0 Å². The molecule has 7 nitrogen and oxygen atoms in total. The average molecular weight is 287 g/mol. The Morgan fingerprint density at radius 2 is 1.80 bits per heavy atom. The molecule has 0 unspecified atom stereocenters. The zero-order valence-electron chi connectivity index (χ0n) is 12.7. The van der Waals surface area contributed by atoms with Crippen molar-refractivity contribution in [1.82, 2.24) is 15.1 Å². The summed E-state index contributed by atoms with van der Waals surface area (Å²) in [6.45, 7) is 8.26. The summed E-state index contributed by atoms with van der Waals surface area (Å²) >= 11 is 0. The van der Waals surface area contributed by atoms with Crippen molar-refractivity contribution in [3.63, 3.8) is 0 Å². The second-order valence-corrected chi connectivity index (χ2v) is 4.68. The summed E-state index contributed by atoms with van der Waals surface area (Å²) in [7, 11) is 0. The van der Waals surface area contributed by atoms with Crippen molar-refractivity contribution in [3.05, 3.63) is 0 Å². The van der Waals surface area contributed by atoms with Crippen LogP contribution in [0.5, 0.6) is 0 Å². The van der Waals surface area contributed by atoms with Crippen molar-refractivity contribution in [2.24, 2.45) is 0 Å². The van der Waals surface area contributed by atoms with Gasteiger partial charge in [-0.1, -0.05) is 0 Å². The van der Waals surface area contributed by atoms with Crippen LogP contribution in [-0.2, 0) is 9.59 Å². The molecule has 7 heteroatoms. The molecule has 0 radical (unpaired) electrons. The fourth-order valence-electron chi connectivity index (χ4n) is 1.71. The molecule has 0 aromatic heterocycles. The van der Waals surface area contributed by atoms with Crippen LogP contribution in [0, 0.1) is 0 Å². The highest BCUT2D eigenvalue weighted by Gasteiger charge is 2.24. The van der Waals surface area contributed by atoms with Crippen molar-refractivity contribution in [2.75, 3.05) is 26.2 Å². The monoisotopic (exact) mass is 287 g/mol. The highest BCUT2D eigenvalue weighted by molar-refractivity contribution is 5.84. The normalized spacial score (nSPS) is 10.2. The van der Waals surface area contributed by atoms with E-state index < -0.39 is 5.97 Å². The summed E-state index contributed by atoms with van der Waals surface area (Å²) in [6, 6.07) is -0.430. The van der Waals surface area contributed by atoms with Gasteiger partial charge in [0.2, 0.25) is 5.91 Å². The molecule has 0 spiro atoms. The first kappa shape index (κ1) is 18.2. The van der Waals surface area contributed by atoms with E-state index in [9.17, 15) is 14.4 Å². The van der Waals surface area contributed by atoms with Gasteiger partial charge in [-0.05, 0) is 27.7 Å². The lowest BCUT2D eigenvalue weighted by molar-refractivity contribution is -0.137. The fraction of sp³-hybridized carbons (Fsp3) is 0.769. The number of carboxylic acids is 1. The summed E-state index contributed by atoms with van der Waals surface area (Å²) in [4.78, 5) is 37.4. The number of amides is 3. The molecule has 0 aliphatic heterocycles. The maximum atomic E-state index is 12.3. The molecule has 0 fully saturated rings. The Morgan fingerprint density at radius 1 is 1.20 bits per heavy atom. The van der Waals surface area contributed by atoms with Crippen LogP contribution in [0.2, 0.25) is 0 Å². The van der Waals surface area contributed by atoms with Gasteiger partial charge < -0.3 is 20.2 Å². The van der Waals surface area contributed by atoms with Crippen molar-refractivity contribution in [1.29, 1.82) is 0 Å². The number of rotatable bonds is 8. The lowest BCUT2D eigenvalue weighted by Crippen LogP contribution is -2.50. The number of carboxylic acid groups (broad SMARTS) is 1. The van der Waals surface area contributed by atoms with E-state index in [4.69, 9.17) is 5.11 Å². The maximum absolute atomic E-state index is 12.3. The minimum atomic E-state index is -0.949. The van der Waals surface area contributed by atoms with Crippen LogP contribution in [0.3, 0.4) is 0 Å². The third-order valence-corrected chi connectivity index (χ3v) is 2.80. The largest absolute Gasteiger partial charge is 0.481 e. The summed E-state index contributed by atoms with van der Waals surface area (Å²) in [5.74, 6) is -1.17. The molecule has 3 amide bonds. The number of carbonyl (C=O) groups is 3. The summed E-state index contributed by atoms with van der Waals surface area (Å²) in [5.41, 5.74) is 0. The van der Waals surface area contributed by atoms with E-state index in [1.807, 2.05) is 20.8 Å². The molecule has 0 saturated heterocycles. The number of carbonyl (C=O) groups excluding carboxylic acids is 2. The number of hydrogen-bond acceptors (Lipinski definition) is 3. The second kappa shape index (κ2) is 9.17. The van der Waals surface area contributed by atoms with E-state index in [2.05, 4.69) is 5.32 Å². The summed E-state index contributed by atoms with van der Waals surface area (Å²) in [6.07, 6.45) is -0.109. The van der Waals surface area contributed by atoms with Gasteiger partial charge >= 0.3 is 12.0 Å². The van der Waals surface area contributed by atoms with Gasteiger partial charge in [0.05, 0.1) is 6.42 Å². The number of hydrogen-bond donors (Lipinski definition) is 2. The van der Waals surface area contributed by atoms with Crippen molar-refractivity contribution in [2.45, 2.75) is 40.2 Å². The Labute approximate surface area is 119 Å². The van der Waals surface area contributed by atoms with Gasteiger partial charge in [-0.3, -0.25) is 9.59 Å². The van der Waals surface area contributed by atoms with E-state index in [-0.39, 0.29) is 37.5 Å². The van der Waals surface area contributed by atoms with Crippen LogP contribution >= 0.6 is 0 Å². The highest BCUT2D eigenvalue weighted by atomic mass is 16.4. The van der Waals surface area contributed by atoms with Crippen LogP contribution in [0.15, 0.2) is 0 Å². The van der Waals surface area contributed by atoms with Gasteiger partial charge in [-0.15, -0.1) is 0 Å². The highest BCUT2D eigenvalue weighted by Crippen LogP contribution is 2.06. The molecule has 20 heavy (non-hydrogen) atoms. The molecule has 0 aromatic rings. The first-order valence-corrected chi connectivity index (χ1v) is 6.87. The smallest absolute Gasteiger partial charge is 0.320 e. The molecule has 0 atom stereocenters. The summed E-state index contributed by atoms with van der Waals surface area (Å²) in [5, 5.41) is 11.4. The molecular weight excluding hydrogens is 262 g/mol. The minimum Gasteiger partial charge on any atom is -0.481 e. The third kappa shape index (κ3) is 6.40. The Bertz CT molecular complexity index is 345. The molecule has 0 heterocycles. The third-order valence-electron chi connectivity index (χ3n) is 2.80. The Kier molecular flexibility index (Phi) is 8.35. The predicted molar refractivity (Wildman–Crippen MR) is 75.4 cm³/mol. The van der Waals surface area contributed by atoms with Gasteiger partial charge in [-0.2, -0.15) is 0 Å². The van der Waals surface area contributed by atoms with Gasteiger partial charge in [0.25, 0.3) is 0 Å². The van der Waals surface area contributed by atoms with Crippen LogP contribution in [0.25, 0.3) is 0 Å². The molecule has 0 aliphatic rings. The maximum Gasteiger partial charge on any atom is 0.320 e. The molecule has 0 saturated carbocycles. The molecule has 0 aromatic carbocycles. The van der Waals surface area contributed by atoms with E-state index in [0.29, 0.717) is 13.1 Å². The molecular formula is C13H25N3O4. The second-order valence-electron chi connectivity index (χ2n) is 4.68. The minimum absolute atomic E-state index is 0.0144. The van der Waals surface area contributed by atoms with E-state index in [1.165, 1.54) is 9.80 Å². The molecule has 0 rings (SSSR count). The van der Waals surface area contributed by atoms with Crippen LogP contribution in [0.1, 0.15) is 34.1 Å². The molecule has 2 N–H and O–H groups in total. The molecule has 116 valence electrons. The zero-order valence-corrected chi connectivity index (χ0v) is 12.7. The molecule has 0 bridgehead atoms. The van der Waals surface area contributed by atoms with Gasteiger partial charge in [0.15, 0.2) is 0 Å². The predicted octanol–water partition coefficient (Wildman–Crippen LogP) is 0.750. The number of nitrogens with one attached hydrogen (secondary N) is 1. The standard InChI is InChI=1S/C13H25N3O4/c1-5-14-11(17)9-15(6-2)13(20)16(10(3)4)8-7-12(18)19/h10H,5-9H2,1-4H3,(H,14,17)(H,18,19). The average Bonchev–Trinajstić information content (AvgIpc) is 2.35. The van der Waals surface area contributed by atoms with Crippen molar-refractivity contribution in [3.8, 4) is 0 Å². The zero-order chi connectivity index (χ0) is 15.7.